The van der Waals surface area contributed by atoms with Crippen molar-refractivity contribution in [2.45, 2.75) is 31.2 Å². The van der Waals surface area contributed by atoms with Gasteiger partial charge in [-0.1, -0.05) is 42.4 Å². The predicted molar refractivity (Wildman–Crippen MR) is 168 cm³/mol. The van der Waals surface area contributed by atoms with Crippen molar-refractivity contribution in [3.8, 4) is 6.01 Å². The standard InChI is InChI=1S/C32H35ClFN7O3/c1-20(34)31(42)41-14-13-40(16-22(41)15-35-2)30-23-11-12-39(26-10-6-8-21-7-5-9-24(33)29(21)26)17-25(23)36-32(37-30)44-28-19-43-18-27(28)38(3)4/h5-10,22,27-28H,1,11-19H2,3-4H3/t22-,27-,28+/m0/s1. The van der Waals surface area contributed by atoms with Gasteiger partial charge in [0.2, 0.25) is 6.54 Å². The number of halogens is 2. The number of fused-ring (bicyclic) bond motifs is 2. The van der Waals surface area contributed by atoms with Gasteiger partial charge >= 0.3 is 6.01 Å². The van der Waals surface area contributed by atoms with Crippen molar-refractivity contribution in [1.82, 2.24) is 19.8 Å². The summed E-state index contributed by atoms with van der Waals surface area (Å²) in [5.41, 5.74) is 2.88. The van der Waals surface area contributed by atoms with Crippen molar-refractivity contribution in [3.05, 3.63) is 76.5 Å². The van der Waals surface area contributed by atoms with Crippen molar-refractivity contribution in [2.24, 2.45) is 0 Å². The van der Waals surface area contributed by atoms with Crippen LogP contribution in [0.4, 0.5) is 15.9 Å². The first-order valence-electron chi connectivity index (χ1n) is 14.7. The Morgan fingerprint density at radius 2 is 1.98 bits per heavy atom. The fourth-order valence-electron chi connectivity index (χ4n) is 6.43. The Balaban J connectivity index is 1.37. The maximum absolute atomic E-state index is 13.8. The van der Waals surface area contributed by atoms with Crippen LogP contribution in [0, 0.1) is 6.57 Å². The second-order valence-corrected chi connectivity index (χ2v) is 12.0. The highest BCUT2D eigenvalue weighted by Gasteiger charge is 2.37. The van der Waals surface area contributed by atoms with E-state index in [9.17, 15) is 9.18 Å². The lowest BCUT2D eigenvalue weighted by molar-refractivity contribution is -0.131. The molecule has 3 aliphatic heterocycles. The lowest BCUT2D eigenvalue weighted by Gasteiger charge is -2.41. The third-order valence-electron chi connectivity index (χ3n) is 8.69. The Hall–Kier alpha value is -3.98. The van der Waals surface area contributed by atoms with Crippen LogP contribution >= 0.6 is 11.6 Å². The van der Waals surface area contributed by atoms with Gasteiger partial charge in [0.15, 0.2) is 5.83 Å². The molecule has 6 rings (SSSR count). The first-order valence-corrected chi connectivity index (χ1v) is 15.1. The predicted octanol–water partition coefficient (Wildman–Crippen LogP) is 3.97. The highest BCUT2D eigenvalue weighted by Crippen LogP contribution is 2.37. The molecular weight excluding hydrogens is 585 g/mol. The van der Waals surface area contributed by atoms with Crippen LogP contribution in [0.5, 0.6) is 6.01 Å². The molecule has 0 radical (unpaired) electrons. The highest BCUT2D eigenvalue weighted by molar-refractivity contribution is 6.36. The second kappa shape index (κ2) is 12.6. The van der Waals surface area contributed by atoms with E-state index in [1.807, 2.05) is 32.3 Å². The molecular formula is C32H35ClFN7O3. The molecule has 1 aromatic heterocycles. The number of likely N-dealkylation sites (N-methyl/N-ethyl adjacent to an activating group) is 1. The van der Waals surface area contributed by atoms with E-state index < -0.39 is 17.8 Å². The third kappa shape index (κ3) is 5.77. The number of nitrogens with zero attached hydrogens (tertiary/aromatic N) is 7. The van der Waals surface area contributed by atoms with Crippen molar-refractivity contribution in [2.75, 3.05) is 69.8 Å². The van der Waals surface area contributed by atoms with Gasteiger partial charge in [-0.25, -0.2) is 11.0 Å². The molecule has 3 aromatic rings. The molecule has 0 N–H and O–H groups in total. The Labute approximate surface area is 261 Å². The van der Waals surface area contributed by atoms with E-state index >= 15 is 0 Å². The number of hydrogen-bond acceptors (Lipinski definition) is 8. The highest BCUT2D eigenvalue weighted by atomic mass is 35.5. The van der Waals surface area contributed by atoms with Gasteiger partial charge in [-0.3, -0.25) is 4.79 Å². The molecule has 2 fully saturated rings. The first-order chi connectivity index (χ1) is 21.2. The molecule has 12 heteroatoms. The number of carbonyl (C=O) groups excluding carboxylic acids is 1. The summed E-state index contributed by atoms with van der Waals surface area (Å²) < 4.78 is 26.0. The average Bonchev–Trinajstić information content (AvgIpc) is 3.48. The van der Waals surface area contributed by atoms with Crippen molar-refractivity contribution < 1.29 is 18.7 Å². The molecule has 3 atom stereocenters. The van der Waals surface area contributed by atoms with Gasteiger partial charge in [-0.05, 0) is 38.0 Å². The number of hydrogen-bond donors (Lipinski definition) is 0. The number of aromatic nitrogens is 2. The molecule has 2 aromatic carbocycles. The van der Waals surface area contributed by atoms with E-state index in [-0.39, 0.29) is 31.2 Å². The van der Waals surface area contributed by atoms with E-state index in [1.165, 1.54) is 4.90 Å². The fraction of sp³-hybridized carbons (Fsp3) is 0.438. The van der Waals surface area contributed by atoms with Crippen LogP contribution in [0.3, 0.4) is 0 Å². The summed E-state index contributed by atoms with van der Waals surface area (Å²) >= 11 is 6.69. The Morgan fingerprint density at radius 3 is 2.73 bits per heavy atom. The number of amides is 1. The number of anilines is 2. The Kier molecular flexibility index (Phi) is 8.58. The van der Waals surface area contributed by atoms with Gasteiger partial charge in [0, 0.05) is 42.8 Å². The second-order valence-electron chi connectivity index (χ2n) is 11.6. The smallest absolute Gasteiger partial charge is 0.319 e. The van der Waals surface area contributed by atoms with Crippen LogP contribution in [0.25, 0.3) is 15.6 Å². The van der Waals surface area contributed by atoms with E-state index in [1.54, 1.807) is 0 Å². The lowest BCUT2D eigenvalue weighted by Crippen LogP contribution is -2.57. The van der Waals surface area contributed by atoms with Gasteiger partial charge in [-0.15, -0.1) is 0 Å². The molecule has 4 heterocycles. The molecule has 0 saturated carbocycles. The summed E-state index contributed by atoms with van der Waals surface area (Å²) in [6.07, 6.45) is 0.430. The Morgan fingerprint density at radius 1 is 1.18 bits per heavy atom. The van der Waals surface area contributed by atoms with Crippen LogP contribution in [0.15, 0.2) is 48.8 Å². The molecule has 0 spiro atoms. The van der Waals surface area contributed by atoms with Crippen molar-refractivity contribution in [3.63, 3.8) is 0 Å². The molecule has 44 heavy (non-hydrogen) atoms. The zero-order valence-corrected chi connectivity index (χ0v) is 25.6. The summed E-state index contributed by atoms with van der Waals surface area (Å²) in [4.78, 5) is 33.8. The zero-order chi connectivity index (χ0) is 31.0. The molecule has 0 unspecified atom stereocenters. The van der Waals surface area contributed by atoms with Gasteiger partial charge in [0.25, 0.3) is 5.91 Å². The molecule has 3 aliphatic rings. The lowest BCUT2D eigenvalue weighted by atomic mass is 10.0. The molecule has 10 nitrogen and oxygen atoms in total. The van der Waals surface area contributed by atoms with Crippen LogP contribution in [-0.2, 0) is 22.5 Å². The third-order valence-corrected chi connectivity index (χ3v) is 9.01. The summed E-state index contributed by atoms with van der Waals surface area (Å²) in [6, 6.07) is 11.9. The first kappa shape index (κ1) is 30.1. The molecule has 2 saturated heterocycles. The topological polar surface area (TPSA) is 78.6 Å². The number of ether oxygens (including phenoxy) is 2. The van der Waals surface area contributed by atoms with Gasteiger partial charge in [0.1, 0.15) is 18.0 Å². The van der Waals surface area contributed by atoms with Gasteiger partial charge in [-0.2, -0.15) is 9.97 Å². The Bertz CT molecular complexity index is 1620. The van der Waals surface area contributed by atoms with Crippen LogP contribution in [0.2, 0.25) is 5.02 Å². The van der Waals surface area contributed by atoms with Gasteiger partial charge < -0.3 is 33.9 Å². The average molecular weight is 620 g/mol. The molecule has 1 amide bonds. The number of carbonyl (C=O) groups is 1. The van der Waals surface area contributed by atoms with Crippen LogP contribution < -0.4 is 14.5 Å². The fourth-order valence-corrected chi connectivity index (χ4v) is 6.71. The minimum Gasteiger partial charge on any atom is -0.456 e. The van der Waals surface area contributed by atoms with E-state index in [0.29, 0.717) is 44.3 Å². The molecule has 0 bridgehead atoms. The molecule has 230 valence electrons. The monoisotopic (exact) mass is 619 g/mol. The molecule has 0 aliphatic carbocycles. The largest absolute Gasteiger partial charge is 0.456 e. The van der Waals surface area contributed by atoms with Crippen LogP contribution in [0.1, 0.15) is 11.3 Å². The number of rotatable bonds is 7. The van der Waals surface area contributed by atoms with Crippen molar-refractivity contribution in [1.29, 1.82) is 0 Å². The van der Waals surface area contributed by atoms with Crippen molar-refractivity contribution >= 4 is 39.8 Å². The SMILES string of the molecule is [C-]#[N+]C[C@H]1CN(c2nc(O[C@@H]3COC[C@@H]3N(C)C)nc3c2CCN(c2cccc4cccc(Cl)c24)C3)CCN1C(=O)C(=C)F. The summed E-state index contributed by atoms with van der Waals surface area (Å²) in [5.74, 6) is -1.07. The number of benzene rings is 2. The summed E-state index contributed by atoms with van der Waals surface area (Å²) in [7, 11) is 3.98. The van der Waals surface area contributed by atoms with Crippen LogP contribution in [-0.4, -0.2) is 104 Å². The minimum absolute atomic E-state index is 0.0473. The summed E-state index contributed by atoms with van der Waals surface area (Å²) in [5, 5.41) is 2.76. The maximum atomic E-state index is 13.8. The zero-order valence-electron chi connectivity index (χ0n) is 24.9. The van der Waals surface area contributed by atoms with E-state index in [4.69, 9.17) is 37.6 Å². The minimum atomic E-state index is -1.02. The maximum Gasteiger partial charge on any atom is 0.319 e. The summed E-state index contributed by atoms with van der Waals surface area (Å²) in [6.45, 7) is 13.9. The van der Waals surface area contributed by atoms with E-state index in [2.05, 4.69) is 44.3 Å². The normalized spacial score (nSPS) is 21.8. The number of piperazine rings is 1. The van der Waals surface area contributed by atoms with Gasteiger partial charge in [0.05, 0.1) is 36.5 Å². The van der Waals surface area contributed by atoms with E-state index in [0.717, 1.165) is 40.1 Å². The quantitative estimate of drug-likeness (QED) is 0.291.